The average Bonchev–Trinajstić information content (AvgIpc) is 2.92. The second-order valence-corrected chi connectivity index (χ2v) is 6.33. The number of nitrogens with one attached hydrogen (secondary N) is 2. The van der Waals surface area contributed by atoms with Crippen LogP contribution in [0.2, 0.25) is 0 Å². The van der Waals surface area contributed by atoms with Gasteiger partial charge in [0, 0.05) is 24.6 Å². The molecule has 116 valence electrons. The van der Waals surface area contributed by atoms with Crippen molar-refractivity contribution in [2.45, 2.75) is 52.2 Å². The van der Waals surface area contributed by atoms with Crippen LogP contribution in [0.15, 0.2) is 10.6 Å². The highest BCUT2D eigenvalue weighted by Gasteiger charge is 2.36. The second kappa shape index (κ2) is 5.75. The number of urea groups is 1. The van der Waals surface area contributed by atoms with Crippen LogP contribution in [0.5, 0.6) is 0 Å². The maximum Gasteiger partial charge on any atom is 0.315 e. The fourth-order valence-electron chi connectivity index (χ4n) is 2.36. The highest BCUT2D eigenvalue weighted by molar-refractivity contribution is 5.82. The molecular weight excluding hydrogens is 272 g/mol. The smallest absolute Gasteiger partial charge is 0.315 e. The van der Waals surface area contributed by atoms with E-state index in [2.05, 4.69) is 15.8 Å². The molecule has 7 heteroatoms. The van der Waals surface area contributed by atoms with E-state index in [-0.39, 0.29) is 23.5 Å². The molecule has 0 spiro atoms. The Morgan fingerprint density at radius 2 is 2.24 bits per heavy atom. The summed E-state index contributed by atoms with van der Waals surface area (Å²) in [5.41, 5.74) is 0.448. The van der Waals surface area contributed by atoms with E-state index in [1.165, 1.54) is 0 Å². The van der Waals surface area contributed by atoms with E-state index < -0.39 is 0 Å². The Morgan fingerprint density at radius 1 is 1.52 bits per heavy atom. The number of rotatable bonds is 3. The van der Waals surface area contributed by atoms with Crippen molar-refractivity contribution < 1.29 is 14.1 Å². The molecule has 2 heterocycles. The number of hydrogen-bond acceptors (Lipinski definition) is 4. The zero-order valence-corrected chi connectivity index (χ0v) is 12.9. The molecule has 1 aromatic heterocycles. The number of carbonyl (C=O) groups is 2. The fourth-order valence-corrected chi connectivity index (χ4v) is 2.36. The minimum atomic E-state index is -0.302. The summed E-state index contributed by atoms with van der Waals surface area (Å²) in [4.78, 5) is 25.5. The third-order valence-electron chi connectivity index (χ3n) is 3.38. The number of nitrogens with zero attached hydrogens (tertiary/aromatic N) is 2. The minimum absolute atomic E-state index is 0.0694. The van der Waals surface area contributed by atoms with Crippen LogP contribution in [0.4, 0.5) is 4.79 Å². The molecule has 1 atom stereocenters. The van der Waals surface area contributed by atoms with E-state index >= 15 is 0 Å². The van der Waals surface area contributed by atoms with Crippen molar-refractivity contribution in [2.75, 3.05) is 6.54 Å². The van der Waals surface area contributed by atoms with Crippen LogP contribution in [0.25, 0.3) is 0 Å². The van der Waals surface area contributed by atoms with Crippen molar-refractivity contribution in [2.24, 2.45) is 0 Å². The van der Waals surface area contributed by atoms with Gasteiger partial charge < -0.3 is 20.1 Å². The Kier molecular flexibility index (Phi) is 4.20. The molecule has 0 bridgehead atoms. The van der Waals surface area contributed by atoms with Crippen LogP contribution in [-0.2, 0) is 11.3 Å². The van der Waals surface area contributed by atoms with Gasteiger partial charge in [-0.1, -0.05) is 5.16 Å². The molecule has 0 aliphatic carbocycles. The molecule has 0 radical (unpaired) electrons. The number of aryl methyl sites for hydroxylation is 1. The molecule has 2 rings (SSSR count). The zero-order valence-electron chi connectivity index (χ0n) is 12.9. The molecule has 2 N–H and O–H groups in total. The predicted molar refractivity (Wildman–Crippen MR) is 76.5 cm³/mol. The summed E-state index contributed by atoms with van der Waals surface area (Å²) in [6.45, 7) is 8.59. The summed E-state index contributed by atoms with van der Waals surface area (Å²) in [5, 5.41) is 9.32. The van der Waals surface area contributed by atoms with Crippen molar-refractivity contribution in [1.29, 1.82) is 0 Å². The maximum atomic E-state index is 11.9. The minimum Gasteiger partial charge on any atom is -0.361 e. The molecule has 0 aromatic carbocycles. The van der Waals surface area contributed by atoms with Gasteiger partial charge in [0.15, 0.2) is 0 Å². The molecule has 1 aliphatic rings. The summed E-state index contributed by atoms with van der Waals surface area (Å²) in [7, 11) is 0. The summed E-state index contributed by atoms with van der Waals surface area (Å²) >= 11 is 0. The van der Waals surface area contributed by atoms with E-state index in [4.69, 9.17) is 4.52 Å². The van der Waals surface area contributed by atoms with Crippen LogP contribution >= 0.6 is 0 Å². The third kappa shape index (κ3) is 3.96. The standard InChI is InChI=1S/C14H22N4O3/c1-9-5-10(17-21-9)7-15-13(20)16-11-6-12(19)18(8-11)14(2,3)4/h5,11H,6-8H2,1-4H3,(H2,15,16,20)/t11-/m0/s1. The predicted octanol–water partition coefficient (Wildman–Crippen LogP) is 1.18. The number of aromatic nitrogens is 1. The quantitative estimate of drug-likeness (QED) is 0.876. The second-order valence-electron chi connectivity index (χ2n) is 6.33. The first-order valence-corrected chi connectivity index (χ1v) is 7.03. The fraction of sp³-hybridized carbons (Fsp3) is 0.643. The van der Waals surface area contributed by atoms with Gasteiger partial charge in [-0.2, -0.15) is 0 Å². The van der Waals surface area contributed by atoms with Crippen LogP contribution in [0, 0.1) is 6.92 Å². The Morgan fingerprint density at radius 3 is 2.76 bits per heavy atom. The van der Waals surface area contributed by atoms with E-state index in [0.29, 0.717) is 31.0 Å². The zero-order chi connectivity index (χ0) is 15.6. The average molecular weight is 294 g/mol. The van der Waals surface area contributed by atoms with Gasteiger partial charge in [-0.25, -0.2) is 4.79 Å². The Hall–Kier alpha value is -2.05. The molecule has 1 fully saturated rings. The van der Waals surface area contributed by atoms with Crippen molar-refractivity contribution in [3.63, 3.8) is 0 Å². The first-order valence-electron chi connectivity index (χ1n) is 7.03. The summed E-state index contributed by atoms with van der Waals surface area (Å²) < 4.78 is 4.92. The molecule has 1 aromatic rings. The summed E-state index contributed by atoms with van der Waals surface area (Å²) in [6.07, 6.45) is 0.341. The molecule has 3 amide bonds. The Labute approximate surface area is 124 Å². The Balaban J connectivity index is 1.80. The number of amides is 3. The monoisotopic (exact) mass is 294 g/mol. The third-order valence-corrected chi connectivity index (χ3v) is 3.38. The van der Waals surface area contributed by atoms with Gasteiger partial charge in [0.1, 0.15) is 11.5 Å². The first-order chi connectivity index (χ1) is 9.75. The van der Waals surface area contributed by atoms with Gasteiger partial charge >= 0.3 is 6.03 Å². The van der Waals surface area contributed by atoms with Crippen LogP contribution in [-0.4, -0.2) is 40.1 Å². The highest BCUT2D eigenvalue weighted by atomic mass is 16.5. The SMILES string of the molecule is Cc1cc(CNC(=O)N[C@H]2CC(=O)N(C(C)(C)C)C2)no1. The highest BCUT2D eigenvalue weighted by Crippen LogP contribution is 2.21. The van der Waals surface area contributed by atoms with Crippen molar-refractivity contribution in [1.82, 2.24) is 20.7 Å². The van der Waals surface area contributed by atoms with Crippen LogP contribution in [0.3, 0.4) is 0 Å². The summed E-state index contributed by atoms with van der Waals surface area (Å²) in [6, 6.07) is 1.31. The van der Waals surface area contributed by atoms with Crippen LogP contribution < -0.4 is 10.6 Å². The van der Waals surface area contributed by atoms with Gasteiger partial charge in [0.2, 0.25) is 5.91 Å². The topological polar surface area (TPSA) is 87.5 Å². The van der Waals surface area contributed by atoms with Crippen molar-refractivity contribution in [3.8, 4) is 0 Å². The van der Waals surface area contributed by atoms with E-state index in [1.807, 2.05) is 20.8 Å². The summed E-state index contributed by atoms with van der Waals surface area (Å²) in [5.74, 6) is 0.773. The van der Waals surface area contributed by atoms with Crippen molar-refractivity contribution in [3.05, 3.63) is 17.5 Å². The molecule has 0 saturated carbocycles. The first kappa shape index (κ1) is 15.3. The van der Waals surface area contributed by atoms with E-state index in [0.717, 1.165) is 0 Å². The van der Waals surface area contributed by atoms with E-state index in [1.54, 1.807) is 17.9 Å². The number of hydrogen-bond donors (Lipinski definition) is 2. The Bertz CT molecular complexity index is 533. The maximum absolute atomic E-state index is 11.9. The lowest BCUT2D eigenvalue weighted by molar-refractivity contribution is -0.131. The van der Waals surface area contributed by atoms with Gasteiger partial charge in [0.25, 0.3) is 0 Å². The van der Waals surface area contributed by atoms with Crippen molar-refractivity contribution >= 4 is 11.9 Å². The van der Waals surface area contributed by atoms with Gasteiger partial charge in [-0.05, 0) is 27.7 Å². The van der Waals surface area contributed by atoms with Crippen LogP contribution in [0.1, 0.15) is 38.6 Å². The lowest BCUT2D eigenvalue weighted by Crippen LogP contribution is -2.46. The van der Waals surface area contributed by atoms with E-state index in [9.17, 15) is 9.59 Å². The largest absolute Gasteiger partial charge is 0.361 e. The molecule has 7 nitrogen and oxygen atoms in total. The van der Waals surface area contributed by atoms with Gasteiger partial charge in [0.05, 0.1) is 12.6 Å². The normalized spacial score (nSPS) is 19.0. The lowest BCUT2D eigenvalue weighted by atomic mass is 10.1. The molecule has 1 aliphatic heterocycles. The molecule has 0 unspecified atom stereocenters. The molecule has 1 saturated heterocycles. The molecule has 21 heavy (non-hydrogen) atoms. The van der Waals surface area contributed by atoms with Gasteiger partial charge in [-0.15, -0.1) is 0 Å². The molecular formula is C14H22N4O3. The van der Waals surface area contributed by atoms with Gasteiger partial charge in [-0.3, -0.25) is 4.79 Å². The lowest BCUT2D eigenvalue weighted by Gasteiger charge is -2.32. The number of carbonyl (C=O) groups excluding carboxylic acids is 2. The number of likely N-dealkylation sites (tertiary alicyclic amines) is 1.